The van der Waals surface area contributed by atoms with Gasteiger partial charge >= 0.3 is 0 Å². The molecule has 0 saturated carbocycles. The van der Waals surface area contributed by atoms with Crippen molar-refractivity contribution in [1.29, 1.82) is 0 Å². The molecule has 1 fully saturated rings. The van der Waals surface area contributed by atoms with Crippen LogP contribution in [-0.2, 0) is 4.79 Å². The number of hydrogen-bond donors (Lipinski definition) is 2. The molecule has 1 aromatic rings. The van der Waals surface area contributed by atoms with Gasteiger partial charge in [0.15, 0.2) is 0 Å². The Morgan fingerprint density at radius 2 is 1.94 bits per heavy atom. The highest BCUT2D eigenvalue weighted by molar-refractivity contribution is 5.76. The van der Waals surface area contributed by atoms with E-state index < -0.39 is 0 Å². The van der Waals surface area contributed by atoms with Gasteiger partial charge in [0.1, 0.15) is 0 Å². The molecule has 0 spiro atoms. The summed E-state index contributed by atoms with van der Waals surface area (Å²) >= 11 is 0. The summed E-state index contributed by atoms with van der Waals surface area (Å²) in [4.78, 5) is 12.6. The maximum Gasteiger partial charge on any atom is 0.220 e. The Kier molecular flexibility index (Phi) is 4.53. The third-order valence-electron chi connectivity index (χ3n) is 3.61. The molecular formula is C15H21N2O+. The number of benzene rings is 1. The smallest absolute Gasteiger partial charge is 0.220 e. The first kappa shape index (κ1) is 12.8. The molecule has 0 radical (unpaired) electrons. The zero-order valence-electron chi connectivity index (χ0n) is 10.6. The van der Waals surface area contributed by atoms with Crippen molar-refractivity contribution in [2.24, 2.45) is 11.7 Å². The normalized spacial score (nSPS) is 24.2. The van der Waals surface area contributed by atoms with Crippen molar-refractivity contribution in [2.45, 2.75) is 12.8 Å². The van der Waals surface area contributed by atoms with Crippen LogP contribution in [0.25, 0.3) is 6.08 Å². The van der Waals surface area contributed by atoms with Crippen molar-refractivity contribution in [1.82, 2.24) is 0 Å². The van der Waals surface area contributed by atoms with Gasteiger partial charge in [-0.15, -0.1) is 0 Å². The van der Waals surface area contributed by atoms with Crippen molar-refractivity contribution in [3.05, 3.63) is 42.0 Å². The Hall–Kier alpha value is -1.61. The van der Waals surface area contributed by atoms with E-state index in [1.807, 2.05) is 18.2 Å². The lowest BCUT2D eigenvalue weighted by molar-refractivity contribution is -0.899. The number of rotatable bonds is 4. The largest absolute Gasteiger partial charge is 0.369 e. The van der Waals surface area contributed by atoms with E-state index in [1.165, 1.54) is 5.56 Å². The molecule has 18 heavy (non-hydrogen) atoms. The predicted molar refractivity (Wildman–Crippen MR) is 73.0 cm³/mol. The Morgan fingerprint density at radius 3 is 2.56 bits per heavy atom. The number of nitrogens with one attached hydrogen (secondary N) is 1. The zero-order chi connectivity index (χ0) is 12.8. The average molecular weight is 245 g/mol. The van der Waals surface area contributed by atoms with Gasteiger partial charge in [0.25, 0.3) is 0 Å². The Labute approximate surface area is 108 Å². The first-order valence-corrected chi connectivity index (χ1v) is 6.60. The van der Waals surface area contributed by atoms with Crippen molar-refractivity contribution in [3.8, 4) is 0 Å². The Bertz CT molecular complexity index is 406. The molecule has 1 aliphatic rings. The van der Waals surface area contributed by atoms with E-state index >= 15 is 0 Å². The van der Waals surface area contributed by atoms with E-state index in [1.54, 1.807) is 4.90 Å². The molecule has 0 aliphatic carbocycles. The van der Waals surface area contributed by atoms with Crippen LogP contribution in [0, 0.1) is 5.92 Å². The lowest BCUT2D eigenvalue weighted by Crippen LogP contribution is -3.13. The van der Waals surface area contributed by atoms with E-state index in [4.69, 9.17) is 5.73 Å². The predicted octanol–water partition coefficient (Wildman–Crippen LogP) is 0.480. The molecule has 0 atom stereocenters. The number of primary amides is 1. The zero-order valence-corrected chi connectivity index (χ0v) is 10.6. The van der Waals surface area contributed by atoms with E-state index in [0.717, 1.165) is 32.5 Å². The quantitative estimate of drug-likeness (QED) is 0.796. The molecule has 1 heterocycles. The van der Waals surface area contributed by atoms with Crippen LogP contribution in [0.1, 0.15) is 18.4 Å². The molecular weight excluding hydrogens is 224 g/mol. The molecule has 1 amide bonds. The number of carbonyl (C=O) groups is 1. The lowest BCUT2D eigenvalue weighted by Gasteiger charge is -2.26. The molecule has 3 nitrogen and oxygen atoms in total. The highest BCUT2D eigenvalue weighted by atomic mass is 16.1. The summed E-state index contributed by atoms with van der Waals surface area (Å²) in [5.41, 5.74) is 6.57. The number of carbonyl (C=O) groups excluding carboxylic acids is 1. The van der Waals surface area contributed by atoms with Crippen LogP contribution in [0.15, 0.2) is 36.4 Å². The number of nitrogens with two attached hydrogens (primary N) is 1. The van der Waals surface area contributed by atoms with Crippen LogP contribution in [0.3, 0.4) is 0 Å². The van der Waals surface area contributed by atoms with Gasteiger partial charge in [-0.05, 0) is 11.6 Å². The minimum absolute atomic E-state index is 0.104. The molecule has 0 bridgehead atoms. The van der Waals surface area contributed by atoms with Crippen molar-refractivity contribution < 1.29 is 9.69 Å². The summed E-state index contributed by atoms with van der Waals surface area (Å²) in [5, 5.41) is 0. The van der Waals surface area contributed by atoms with Gasteiger partial charge in [-0.1, -0.05) is 36.4 Å². The fourth-order valence-electron chi connectivity index (χ4n) is 2.44. The second-order valence-corrected chi connectivity index (χ2v) is 4.94. The summed E-state index contributed by atoms with van der Waals surface area (Å²) in [6.45, 7) is 3.12. The summed E-state index contributed by atoms with van der Waals surface area (Å²) in [6.07, 6.45) is 6.25. The monoisotopic (exact) mass is 245 g/mol. The molecule has 96 valence electrons. The summed E-state index contributed by atoms with van der Waals surface area (Å²) < 4.78 is 0. The second kappa shape index (κ2) is 6.36. The number of hydrogen-bond acceptors (Lipinski definition) is 1. The molecule has 1 aromatic carbocycles. The van der Waals surface area contributed by atoms with Crippen LogP contribution in [-0.4, -0.2) is 25.5 Å². The number of likely N-dealkylation sites (tertiary alicyclic amines) is 1. The van der Waals surface area contributed by atoms with Gasteiger partial charge in [-0.25, -0.2) is 0 Å². The van der Waals surface area contributed by atoms with Gasteiger partial charge in [-0.3, -0.25) is 4.79 Å². The second-order valence-electron chi connectivity index (χ2n) is 4.94. The van der Waals surface area contributed by atoms with Crippen LogP contribution in [0.2, 0.25) is 0 Å². The minimum atomic E-state index is -0.131. The maximum atomic E-state index is 11.1. The molecule has 1 aliphatic heterocycles. The highest BCUT2D eigenvalue weighted by Crippen LogP contribution is 2.07. The van der Waals surface area contributed by atoms with E-state index in [9.17, 15) is 4.79 Å². The average Bonchev–Trinajstić information content (AvgIpc) is 2.40. The van der Waals surface area contributed by atoms with Crippen molar-refractivity contribution >= 4 is 12.0 Å². The summed E-state index contributed by atoms with van der Waals surface area (Å²) in [7, 11) is 0. The fourth-order valence-corrected chi connectivity index (χ4v) is 2.44. The van der Waals surface area contributed by atoms with Crippen LogP contribution >= 0.6 is 0 Å². The van der Waals surface area contributed by atoms with Crippen LogP contribution < -0.4 is 10.6 Å². The highest BCUT2D eigenvalue weighted by Gasteiger charge is 2.24. The van der Waals surface area contributed by atoms with Crippen molar-refractivity contribution in [2.75, 3.05) is 19.6 Å². The minimum Gasteiger partial charge on any atom is -0.369 e. The first-order chi connectivity index (χ1) is 8.75. The summed E-state index contributed by atoms with van der Waals surface area (Å²) in [5.74, 6) is -0.0271. The van der Waals surface area contributed by atoms with E-state index in [-0.39, 0.29) is 11.8 Å². The van der Waals surface area contributed by atoms with E-state index in [0.29, 0.717) is 0 Å². The fraction of sp³-hybridized carbons (Fsp3) is 0.400. The molecule has 3 N–H and O–H groups in total. The van der Waals surface area contributed by atoms with Crippen LogP contribution in [0.4, 0.5) is 0 Å². The van der Waals surface area contributed by atoms with Gasteiger partial charge in [0.2, 0.25) is 5.91 Å². The number of amides is 1. The number of piperidine rings is 1. The van der Waals surface area contributed by atoms with Gasteiger partial charge in [-0.2, -0.15) is 0 Å². The number of quaternary nitrogens is 1. The standard InChI is InChI=1S/C15H20N2O/c16-15(18)14-8-11-17(12-9-14)10-4-7-13-5-2-1-3-6-13/h1-7,14H,8-12H2,(H2,16,18)/p+1/b7-4+. The molecule has 2 rings (SSSR count). The van der Waals surface area contributed by atoms with Gasteiger partial charge < -0.3 is 10.6 Å². The SMILES string of the molecule is NC(=O)C1CC[NH+](C/C=C/c2ccccc2)CC1. The lowest BCUT2D eigenvalue weighted by atomic mass is 9.96. The summed E-state index contributed by atoms with van der Waals surface area (Å²) in [6, 6.07) is 10.3. The molecule has 1 saturated heterocycles. The molecule has 0 aromatic heterocycles. The topological polar surface area (TPSA) is 47.5 Å². The van der Waals surface area contributed by atoms with Gasteiger partial charge in [0, 0.05) is 18.8 Å². The third kappa shape index (κ3) is 3.70. The van der Waals surface area contributed by atoms with E-state index in [2.05, 4.69) is 24.3 Å². The Balaban J connectivity index is 1.76. The third-order valence-corrected chi connectivity index (χ3v) is 3.61. The molecule has 0 unspecified atom stereocenters. The Morgan fingerprint density at radius 1 is 1.28 bits per heavy atom. The van der Waals surface area contributed by atoms with Gasteiger partial charge in [0.05, 0.1) is 19.6 Å². The van der Waals surface area contributed by atoms with Crippen molar-refractivity contribution in [3.63, 3.8) is 0 Å². The first-order valence-electron chi connectivity index (χ1n) is 6.60. The molecule has 3 heteroatoms. The van der Waals surface area contributed by atoms with Crippen LogP contribution in [0.5, 0.6) is 0 Å². The maximum absolute atomic E-state index is 11.1.